The first-order valence-corrected chi connectivity index (χ1v) is 6.28. The Morgan fingerprint density at radius 2 is 1.89 bits per heavy atom. The highest BCUT2D eigenvalue weighted by Crippen LogP contribution is 2.02. The maximum Gasteiger partial charge on any atom is 0.317 e. The van der Waals surface area contributed by atoms with Crippen molar-refractivity contribution in [2.24, 2.45) is 5.92 Å². The van der Waals surface area contributed by atoms with E-state index < -0.39 is 5.97 Å². The highest BCUT2D eigenvalue weighted by atomic mass is 16.5. The second-order valence-electron chi connectivity index (χ2n) is 4.95. The van der Waals surface area contributed by atoms with Crippen LogP contribution in [-0.4, -0.2) is 72.7 Å². The van der Waals surface area contributed by atoms with Crippen molar-refractivity contribution in [2.45, 2.75) is 13.8 Å². The molecular weight excluding hydrogens is 236 g/mol. The Morgan fingerprint density at radius 1 is 1.28 bits per heavy atom. The third-order valence-electron chi connectivity index (χ3n) is 2.70. The van der Waals surface area contributed by atoms with Crippen molar-refractivity contribution in [3.8, 4) is 0 Å². The standard InChI is InChI=1S/C12H22N2O4/c1-10(2)7-13(9-12(16)17)8-11(15)14-3-5-18-6-4-14/h10H,3-9H2,1-2H3,(H,16,17). The minimum Gasteiger partial charge on any atom is -0.480 e. The molecule has 0 bridgehead atoms. The van der Waals surface area contributed by atoms with E-state index in [2.05, 4.69) is 0 Å². The molecule has 1 aliphatic rings. The van der Waals surface area contributed by atoms with E-state index in [4.69, 9.17) is 9.84 Å². The molecule has 1 heterocycles. The van der Waals surface area contributed by atoms with E-state index in [0.29, 0.717) is 38.8 Å². The molecule has 6 heteroatoms. The van der Waals surface area contributed by atoms with Gasteiger partial charge in [0.15, 0.2) is 0 Å². The molecule has 0 spiro atoms. The normalized spacial score (nSPS) is 16.3. The Labute approximate surface area is 107 Å². The molecule has 1 fully saturated rings. The number of carbonyl (C=O) groups is 2. The summed E-state index contributed by atoms with van der Waals surface area (Å²) in [5, 5.41) is 8.83. The van der Waals surface area contributed by atoms with E-state index in [1.165, 1.54) is 0 Å². The van der Waals surface area contributed by atoms with Gasteiger partial charge in [0, 0.05) is 19.6 Å². The summed E-state index contributed by atoms with van der Waals surface area (Å²) < 4.78 is 5.18. The molecule has 1 amide bonds. The predicted octanol–water partition coefficient (Wildman–Crippen LogP) is -0.112. The van der Waals surface area contributed by atoms with Gasteiger partial charge in [-0.3, -0.25) is 14.5 Å². The van der Waals surface area contributed by atoms with Crippen molar-refractivity contribution in [1.82, 2.24) is 9.80 Å². The van der Waals surface area contributed by atoms with Crippen LogP contribution in [0, 0.1) is 5.92 Å². The minimum absolute atomic E-state index is 0.0137. The quantitative estimate of drug-likeness (QED) is 0.719. The molecule has 0 saturated carbocycles. The number of hydrogen-bond acceptors (Lipinski definition) is 4. The molecule has 0 radical (unpaired) electrons. The number of carbonyl (C=O) groups excluding carboxylic acids is 1. The molecule has 0 aromatic rings. The zero-order valence-electron chi connectivity index (χ0n) is 11.1. The second-order valence-corrected chi connectivity index (χ2v) is 4.95. The summed E-state index contributed by atoms with van der Waals surface area (Å²) in [4.78, 5) is 26.2. The van der Waals surface area contributed by atoms with Crippen LogP contribution in [0.5, 0.6) is 0 Å². The Hall–Kier alpha value is -1.14. The number of nitrogens with zero attached hydrogens (tertiary/aromatic N) is 2. The molecule has 1 N–H and O–H groups in total. The minimum atomic E-state index is -0.898. The highest BCUT2D eigenvalue weighted by Gasteiger charge is 2.21. The number of morpholine rings is 1. The molecule has 0 aliphatic carbocycles. The summed E-state index contributed by atoms with van der Waals surface area (Å²) >= 11 is 0. The van der Waals surface area contributed by atoms with Gasteiger partial charge in [0.1, 0.15) is 0 Å². The zero-order chi connectivity index (χ0) is 13.5. The van der Waals surface area contributed by atoms with Gasteiger partial charge in [-0.25, -0.2) is 0 Å². The SMILES string of the molecule is CC(C)CN(CC(=O)O)CC(=O)N1CCOCC1. The number of carboxylic acids is 1. The monoisotopic (exact) mass is 258 g/mol. The second kappa shape index (κ2) is 7.33. The Bertz CT molecular complexity index is 288. The Kier molecular flexibility index (Phi) is 6.07. The van der Waals surface area contributed by atoms with Gasteiger partial charge in [0.2, 0.25) is 5.91 Å². The van der Waals surface area contributed by atoms with Crippen LogP contribution in [0.15, 0.2) is 0 Å². The van der Waals surface area contributed by atoms with Gasteiger partial charge < -0.3 is 14.7 Å². The fourth-order valence-electron chi connectivity index (χ4n) is 2.00. The molecule has 1 rings (SSSR count). The van der Waals surface area contributed by atoms with E-state index in [-0.39, 0.29) is 19.0 Å². The molecule has 18 heavy (non-hydrogen) atoms. The van der Waals surface area contributed by atoms with Crippen LogP contribution >= 0.6 is 0 Å². The fourth-order valence-corrected chi connectivity index (χ4v) is 2.00. The lowest BCUT2D eigenvalue weighted by Gasteiger charge is -2.30. The van der Waals surface area contributed by atoms with Gasteiger partial charge in [-0.2, -0.15) is 0 Å². The first-order chi connectivity index (χ1) is 8.49. The van der Waals surface area contributed by atoms with Crippen molar-refractivity contribution in [3.63, 3.8) is 0 Å². The van der Waals surface area contributed by atoms with Crippen LogP contribution < -0.4 is 0 Å². The van der Waals surface area contributed by atoms with Gasteiger partial charge in [0.25, 0.3) is 0 Å². The van der Waals surface area contributed by atoms with Crippen LogP contribution in [0.2, 0.25) is 0 Å². The Balaban J connectivity index is 2.47. The van der Waals surface area contributed by atoms with E-state index in [1.54, 1.807) is 9.80 Å². The number of carboxylic acid groups (broad SMARTS) is 1. The van der Waals surface area contributed by atoms with Crippen molar-refractivity contribution in [3.05, 3.63) is 0 Å². The van der Waals surface area contributed by atoms with Crippen molar-refractivity contribution >= 4 is 11.9 Å². The number of amides is 1. The summed E-state index contributed by atoms with van der Waals surface area (Å²) in [5.41, 5.74) is 0. The van der Waals surface area contributed by atoms with Crippen LogP contribution in [0.3, 0.4) is 0 Å². The molecule has 0 aromatic heterocycles. The van der Waals surface area contributed by atoms with Crippen LogP contribution in [0.25, 0.3) is 0 Å². The van der Waals surface area contributed by atoms with Gasteiger partial charge in [0.05, 0.1) is 26.3 Å². The number of aliphatic carboxylic acids is 1. The van der Waals surface area contributed by atoms with Crippen LogP contribution in [-0.2, 0) is 14.3 Å². The average Bonchev–Trinajstić information content (AvgIpc) is 2.28. The summed E-state index contributed by atoms with van der Waals surface area (Å²) in [5.74, 6) is -0.576. The van der Waals surface area contributed by atoms with Gasteiger partial charge in [-0.1, -0.05) is 13.8 Å². The average molecular weight is 258 g/mol. The molecule has 1 aliphatic heterocycles. The van der Waals surface area contributed by atoms with Gasteiger partial charge in [-0.15, -0.1) is 0 Å². The van der Waals surface area contributed by atoms with E-state index >= 15 is 0 Å². The van der Waals surface area contributed by atoms with Crippen molar-refractivity contribution in [1.29, 1.82) is 0 Å². The summed E-state index contributed by atoms with van der Waals surface area (Å²) in [7, 11) is 0. The van der Waals surface area contributed by atoms with E-state index in [9.17, 15) is 9.59 Å². The maximum atomic E-state index is 12.0. The van der Waals surface area contributed by atoms with Gasteiger partial charge in [-0.05, 0) is 5.92 Å². The first-order valence-electron chi connectivity index (χ1n) is 6.28. The van der Waals surface area contributed by atoms with Crippen LogP contribution in [0.4, 0.5) is 0 Å². The zero-order valence-corrected chi connectivity index (χ0v) is 11.1. The maximum absolute atomic E-state index is 12.0. The van der Waals surface area contributed by atoms with Gasteiger partial charge >= 0.3 is 5.97 Å². The third-order valence-corrected chi connectivity index (χ3v) is 2.70. The van der Waals surface area contributed by atoms with Crippen molar-refractivity contribution in [2.75, 3.05) is 45.9 Å². The summed E-state index contributed by atoms with van der Waals surface area (Å²) in [6.45, 7) is 7.04. The van der Waals surface area contributed by atoms with Crippen LogP contribution in [0.1, 0.15) is 13.8 Å². The summed E-state index contributed by atoms with van der Waals surface area (Å²) in [6, 6.07) is 0. The van der Waals surface area contributed by atoms with Crippen molar-refractivity contribution < 1.29 is 19.4 Å². The fraction of sp³-hybridized carbons (Fsp3) is 0.833. The first kappa shape index (κ1) is 14.9. The lowest BCUT2D eigenvalue weighted by Crippen LogP contribution is -2.47. The lowest BCUT2D eigenvalue weighted by atomic mass is 10.2. The smallest absolute Gasteiger partial charge is 0.317 e. The number of ether oxygens (including phenoxy) is 1. The largest absolute Gasteiger partial charge is 0.480 e. The topological polar surface area (TPSA) is 70.1 Å². The van der Waals surface area contributed by atoms with E-state index in [0.717, 1.165) is 0 Å². The third kappa shape index (κ3) is 5.46. The molecule has 0 unspecified atom stereocenters. The molecule has 104 valence electrons. The molecule has 1 saturated heterocycles. The molecule has 6 nitrogen and oxygen atoms in total. The lowest BCUT2D eigenvalue weighted by molar-refractivity contribution is -0.141. The predicted molar refractivity (Wildman–Crippen MR) is 66.3 cm³/mol. The summed E-state index contributed by atoms with van der Waals surface area (Å²) in [6.07, 6.45) is 0. The number of hydrogen-bond donors (Lipinski definition) is 1. The Morgan fingerprint density at radius 3 is 2.39 bits per heavy atom. The molecule has 0 aromatic carbocycles. The van der Waals surface area contributed by atoms with E-state index in [1.807, 2.05) is 13.8 Å². The highest BCUT2D eigenvalue weighted by molar-refractivity contribution is 5.79. The molecular formula is C12H22N2O4. The molecule has 0 atom stereocenters. The number of rotatable bonds is 6.